The highest BCUT2D eigenvalue weighted by Crippen LogP contribution is 2.48. The van der Waals surface area contributed by atoms with Gasteiger partial charge in [-0.2, -0.15) is 13.2 Å². The van der Waals surface area contributed by atoms with E-state index >= 15 is 0 Å². The Bertz CT molecular complexity index is 1650. The molecule has 0 saturated carbocycles. The van der Waals surface area contributed by atoms with Gasteiger partial charge in [0.15, 0.2) is 11.5 Å². The SMILES string of the molecule is O=C(Nc1ccc(Oc2ncnc3cc(OC4CCOCC4)c4c(c23)OCCO4)cc1)Nc1cc(C(F)(F)F)ccc1F. The molecule has 2 aliphatic heterocycles. The molecule has 2 aliphatic rings. The lowest BCUT2D eigenvalue weighted by atomic mass is 10.1. The minimum absolute atomic E-state index is 0.0309. The van der Waals surface area contributed by atoms with Crippen molar-refractivity contribution in [1.82, 2.24) is 9.97 Å². The van der Waals surface area contributed by atoms with E-state index in [4.69, 9.17) is 23.7 Å². The van der Waals surface area contributed by atoms with Crippen molar-refractivity contribution in [3.8, 4) is 28.9 Å². The van der Waals surface area contributed by atoms with E-state index in [0.29, 0.717) is 78.5 Å². The minimum Gasteiger partial charge on any atom is -0.486 e. The quantitative estimate of drug-likeness (QED) is 0.240. The maximum atomic E-state index is 14.0. The van der Waals surface area contributed by atoms with Gasteiger partial charge < -0.3 is 34.3 Å². The molecule has 3 heterocycles. The van der Waals surface area contributed by atoms with Crippen LogP contribution in [0.2, 0.25) is 0 Å². The Balaban J connectivity index is 1.18. The van der Waals surface area contributed by atoms with Gasteiger partial charge in [-0.05, 0) is 42.5 Å². The van der Waals surface area contributed by atoms with Crippen LogP contribution >= 0.6 is 0 Å². The molecule has 14 heteroatoms. The number of amides is 2. The van der Waals surface area contributed by atoms with Crippen LogP contribution in [0.1, 0.15) is 18.4 Å². The molecule has 3 aromatic carbocycles. The summed E-state index contributed by atoms with van der Waals surface area (Å²) < 4.78 is 82.4. The Morgan fingerprint density at radius 2 is 1.65 bits per heavy atom. The van der Waals surface area contributed by atoms with E-state index in [1.807, 2.05) is 0 Å². The number of fused-ring (bicyclic) bond motifs is 3. The summed E-state index contributed by atoms with van der Waals surface area (Å²) in [5.74, 6) is 0.886. The van der Waals surface area contributed by atoms with Crippen LogP contribution in [0.15, 0.2) is 54.9 Å². The zero-order chi connectivity index (χ0) is 30.0. The molecule has 1 aromatic heterocycles. The molecule has 2 amide bonds. The molecule has 0 unspecified atom stereocenters. The third-order valence-electron chi connectivity index (χ3n) is 6.67. The summed E-state index contributed by atoms with van der Waals surface area (Å²) in [6, 6.07) is 8.64. The Hall–Kier alpha value is -4.85. The second-order valence-corrected chi connectivity index (χ2v) is 9.63. The number of benzene rings is 3. The first-order chi connectivity index (χ1) is 20.7. The Kier molecular flexibility index (Phi) is 7.76. The van der Waals surface area contributed by atoms with Gasteiger partial charge in [-0.1, -0.05) is 0 Å². The van der Waals surface area contributed by atoms with E-state index in [1.54, 1.807) is 18.2 Å². The molecule has 0 spiro atoms. The Morgan fingerprint density at radius 3 is 2.40 bits per heavy atom. The smallest absolute Gasteiger partial charge is 0.416 e. The number of carbonyl (C=O) groups excluding carboxylic acids is 1. The van der Waals surface area contributed by atoms with E-state index < -0.39 is 29.3 Å². The first-order valence-electron chi connectivity index (χ1n) is 13.3. The second-order valence-electron chi connectivity index (χ2n) is 9.63. The lowest BCUT2D eigenvalue weighted by Gasteiger charge is -2.27. The Labute approximate surface area is 241 Å². The number of hydrogen-bond donors (Lipinski definition) is 2. The van der Waals surface area contributed by atoms with Gasteiger partial charge in [-0.3, -0.25) is 0 Å². The number of halogens is 4. The van der Waals surface area contributed by atoms with Gasteiger partial charge >= 0.3 is 12.2 Å². The maximum absolute atomic E-state index is 14.0. The lowest BCUT2D eigenvalue weighted by molar-refractivity contribution is -0.137. The molecule has 0 aliphatic carbocycles. The standard InChI is InChI=1S/C29H24F4N4O6/c30-20-6-1-16(29(31,32)33)13-21(20)37-28(38)36-17-2-4-18(5-3-17)43-27-24-22(34-15-35-27)14-23(25-26(24)41-12-11-40-25)42-19-7-9-39-10-8-19/h1-6,13-15,19H,7-12H2,(H2,36,37,38). The normalized spacial score (nSPS) is 15.2. The summed E-state index contributed by atoms with van der Waals surface area (Å²) in [5.41, 5.74) is -0.912. The largest absolute Gasteiger partial charge is 0.486 e. The first kappa shape index (κ1) is 28.3. The predicted molar refractivity (Wildman–Crippen MR) is 146 cm³/mol. The van der Waals surface area contributed by atoms with Gasteiger partial charge in [0.25, 0.3) is 0 Å². The number of carbonyl (C=O) groups is 1. The van der Waals surface area contributed by atoms with Gasteiger partial charge in [0.2, 0.25) is 11.6 Å². The fourth-order valence-electron chi connectivity index (χ4n) is 4.62. The first-order valence-corrected chi connectivity index (χ1v) is 13.3. The minimum atomic E-state index is -4.69. The molecule has 2 N–H and O–H groups in total. The molecule has 10 nitrogen and oxygen atoms in total. The van der Waals surface area contributed by atoms with Crippen molar-refractivity contribution in [3.05, 3.63) is 66.2 Å². The highest BCUT2D eigenvalue weighted by Gasteiger charge is 2.31. The highest BCUT2D eigenvalue weighted by molar-refractivity contribution is 6.00. The van der Waals surface area contributed by atoms with Crippen LogP contribution in [-0.2, 0) is 10.9 Å². The molecule has 43 heavy (non-hydrogen) atoms. The van der Waals surface area contributed by atoms with Gasteiger partial charge in [0.05, 0.1) is 30.0 Å². The molecule has 1 fully saturated rings. The molecular formula is C29H24F4N4O6. The van der Waals surface area contributed by atoms with Crippen molar-refractivity contribution >= 4 is 28.3 Å². The van der Waals surface area contributed by atoms with Gasteiger partial charge in [-0.15, -0.1) is 0 Å². The number of anilines is 2. The number of rotatable bonds is 6. The second kappa shape index (κ2) is 11.8. The average molecular weight is 601 g/mol. The van der Waals surface area contributed by atoms with Crippen LogP contribution in [0, 0.1) is 5.82 Å². The number of urea groups is 1. The molecule has 0 radical (unpaired) electrons. The molecular weight excluding hydrogens is 576 g/mol. The van der Waals surface area contributed by atoms with Gasteiger partial charge in [0, 0.05) is 24.6 Å². The summed E-state index contributed by atoms with van der Waals surface area (Å²) in [6.45, 7) is 1.88. The van der Waals surface area contributed by atoms with E-state index in [1.165, 1.54) is 18.5 Å². The predicted octanol–water partition coefficient (Wildman–Crippen LogP) is 6.55. The molecule has 0 atom stereocenters. The van der Waals surface area contributed by atoms with Crippen LogP contribution in [0.4, 0.5) is 33.7 Å². The third kappa shape index (κ3) is 6.33. The topological polar surface area (TPSA) is 113 Å². The van der Waals surface area contributed by atoms with E-state index in [9.17, 15) is 22.4 Å². The van der Waals surface area contributed by atoms with Gasteiger partial charge in [-0.25, -0.2) is 19.2 Å². The Morgan fingerprint density at radius 1 is 0.907 bits per heavy atom. The van der Waals surface area contributed by atoms with Crippen molar-refractivity contribution in [2.45, 2.75) is 25.1 Å². The molecule has 1 saturated heterocycles. The van der Waals surface area contributed by atoms with E-state index in [0.717, 1.165) is 12.8 Å². The average Bonchev–Trinajstić information content (AvgIpc) is 2.99. The van der Waals surface area contributed by atoms with E-state index in [2.05, 4.69) is 20.6 Å². The lowest BCUT2D eigenvalue weighted by Crippen LogP contribution is -2.26. The summed E-state index contributed by atoms with van der Waals surface area (Å²) in [6.07, 6.45) is -1.87. The fraction of sp³-hybridized carbons (Fsp3) is 0.276. The summed E-state index contributed by atoms with van der Waals surface area (Å²) in [5, 5.41) is 5.02. The zero-order valence-corrected chi connectivity index (χ0v) is 22.4. The number of alkyl halides is 3. The number of ether oxygens (including phenoxy) is 5. The number of aromatic nitrogens is 2. The summed E-state index contributed by atoms with van der Waals surface area (Å²) >= 11 is 0. The van der Waals surface area contributed by atoms with Crippen LogP contribution in [-0.4, -0.2) is 48.5 Å². The maximum Gasteiger partial charge on any atom is 0.416 e. The molecule has 0 bridgehead atoms. The zero-order valence-electron chi connectivity index (χ0n) is 22.4. The fourth-order valence-corrected chi connectivity index (χ4v) is 4.62. The molecule has 6 rings (SSSR count). The number of nitrogens with one attached hydrogen (secondary N) is 2. The third-order valence-corrected chi connectivity index (χ3v) is 6.67. The van der Waals surface area contributed by atoms with Crippen LogP contribution < -0.4 is 29.6 Å². The van der Waals surface area contributed by atoms with Crippen LogP contribution in [0.25, 0.3) is 10.9 Å². The van der Waals surface area contributed by atoms with Crippen molar-refractivity contribution in [3.63, 3.8) is 0 Å². The summed E-state index contributed by atoms with van der Waals surface area (Å²) in [4.78, 5) is 21.0. The van der Waals surface area contributed by atoms with Crippen LogP contribution in [0.3, 0.4) is 0 Å². The monoisotopic (exact) mass is 600 g/mol. The summed E-state index contributed by atoms with van der Waals surface area (Å²) in [7, 11) is 0. The number of hydrogen-bond acceptors (Lipinski definition) is 8. The molecule has 4 aromatic rings. The van der Waals surface area contributed by atoms with Crippen molar-refractivity contribution in [2.24, 2.45) is 0 Å². The van der Waals surface area contributed by atoms with Crippen molar-refractivity contribution in [1.29, 1.82) is 0 Å². The van der Waals surface area contributed by atoms with Crippen molar-refractivity contribution in [2.75, 3.05) is 37.1 Å². The van der Waals surface area contributed by atoms with Crippen molar-refractivity contribution < 1.29 is 46.0 Å². The number of nitrogens with zero attached hydrogens (tertiary/aromatic N) is 2. The van der Waals surface area contributed by atoms with E-state index in [-0.39, 0.29) is 17.7 Å². The van der Waals surface area contributed by atoms with Crippen LogP contribution in [0.5, 0.6) is 28.9 Å². The highest BCUT2D eigenvalue weighted by atomic mass is 19.4. The molecule has 224 valence electrons. The van der Waals surface area contributed by atoms with Gasteiger partial charge in [0.1, 0.15) is 42.6 Å².